The first-order chi connectivity index (χ1) is 12.1. The number of rotatable bonds is 7. The van der Waals surface area contributed by atoms with E-state index in [-0.39, 0.29) is 17.7 Å². The van der Waals surface area contributed by atoms with Gasteiger partial charge in [-0.2, -0.15) is 0 Å². The van der Waals surface area contributed by atoms with E-state index in [9.17, 15) is 9.59 Å². The molecule has 6 nitrogen and oxygen atoms in total. The standard InChI is InChI=1S/C19H30N4O2/c1-3-12-22(2)17-8-6-15(7-9-17)19(25)23-13-4-5-16(14-23)18(24)21-11-10-20/h6-9,16H,3-5,10-14,20H2,1-2H3,(H,21,24). The normalized spacial score (nSPS) is 17.2. The number of nitrogens with two attached hydrogens (primary N) is 1. The van der Waals surface area contributed by atoms with Gasteiger partial charge in [-0.1, -0.05) is 6.92 Å². The zero-order chi connectivity index (χ0) is 18.2. The SMILES string of the molecule is CCCN(C)c1ccc(C(=O)N2CCCC(C(=O)NCCN)C2)cc1. The predicted molar refractivity (Wildman–Crippen MR) is 101 cm³/mol. The van der Waals surface area contributed by atoms with Gasteiger partial charge < -0.3 is 20.9 Å². The zero-order valence-electron chi connectivity index (χ0n) is 15.3. The summed E-state index contributed by atoms with van der Waals surface area (Å²) in [4.78, 5) is 28.8. The van der Waals surface area contributed by atoms with Crippen LogP contribution >= 0.6 is 0 Å². The Balaban J connectivity index is 1.98. The molecule has 0 spiro atoms. The van der Waals surface area contributed by atoms with E-state index in [4.69, 9.17) is 5.73 Å². The van der Waals surface area contributed by atoms with Crippen LogP contribution in [0.3, 0.4) is 0 Å². The van der Waals surface area contributed by atoms with Crippen molar-refractivity contribution >= 4 is 17.5 Å². The lowest BCUT2D eigenvalue weighted by atomic mass is 9.96. The first kappa shape index (κ1) is 19.2. The molecule has 1 aromatic rings. The molecule has 1 aliphatic rings. The van der Waals surface area contributed by atoms with Crippen molar-refractivity contribution in [1.29, 1.82) is 0 Å². The number of nitrogens with one attached hydrogen (secondary N) is 1. The number of hydrogen-bond donors (Lipinski definition) is 2. The van der Waals surface area contributed by atoms with Gasteiger partial charge in [-0.05, 0) is 43.5 Å². The number of nitrogens with zero attached hydrogens (tertiary/aromatic N) is 2. The molecule has 0 radical (unpaired) electrons. The smallest absolute Gasteiger partial charge is 0.253 e. The average molecular weight is 346 g/mol. The van der Waals surface area contributed by atoms with E-state index >= 15 is 0 Å². The average Bonchev–Trinajstić information content (AvgIpc) is 2.66. The van der Waals surface area contributed by atoms with Crippen LogP contribution in [0.15, 0.2) is 24.3 Å². The number of carbonyl (C=O) groups excluding carboxylic acids is 2. The van der Waals surface area contributed by atoms with Gasteiger partial charge in [0.1, 0.15) is 0 Å². The third-order valence-electron chi connectivity index (χ3n) is 4.64. The maximum atomic E-state index is 12.7. The van der Waals surface area contributed by atoms with Crippen LogP contribution in [-0.4, -0.2) is 56.5 Å². The van der Waals surface area contributed by atoms with E-state index in [1.165, 1.54) is 0 Å². The molecule has 0 aliphatic carbocycles. The topological polar surface area (TPSA) is 78.7 Å². The molecule has 25 heavy (non-hydrogen) atoms. The first-order valence-electron chi connectivity index (χ1n) is 9.15. The van der Waals surface area contributed by atoms with Gasteiger partial charge in [0.15, 0.2) is 0 Å². The summed E-state index contributed by atoms with van der Waals surface area (Å²) in [5.74, 6) is -0.139. The minimum absolute atomic E-state index is 0.000474. The lowest BCUT2D eigenvalue weighted by Crippen LogP contribution is -2.46. The molecule has 1 aromatic carbocycles. The van der Waals surface area contributed by atoms with Gasteiger partial charge in [0, 0.05) is 51.0 Å². The molecule has 2 rings (SSSR count). The second-order valence-electron chi connectivity index (χ2n) is 6.64. The summed E-state index contributed by atoms with van der Waals surface area (Å²) >= 11 is 0. The Bertz CT molecular complexity index is 573. The molecule has 0 saturated carbocycles. The number of amides is 2. The monoisotopic (exact) mass is 346 g/mol. The molecule has 0 bridgehead atoms. The van der Waals surface area contributed by atoms with E-state index in [1.54, 1.807) is 4.90 Å². The highest BCUT2D eigenvalue weighted by Gasteiger charge is 2.28. The van der Waals surface area contributed by atoms with E-state index in [1.807, 2.05) is 24.3 Å². The lowest BCUT2D eigenvalue weighted by Gasteiger charge is -2.32. The molecular formula is C19H30N4O2. The maximum absolute atomic E-state index is 12.7. The van der Waals surface area contributed by atoms with Gasteiger partial charge in [0.25, 0.3) is 5.91 Å². The van der Waals surface area contributed by atoms with Crippen molar-refractivity contribution in [2.75, 3.05) is 44.7 Å². The quantitative estimate of drug-likeness (QED) is 0.783. The Morgan fingerprint density at radius 2 is 2.04 bits per heavy atom. The highest BCUT2D eigenvalue weighted by Crippen LogP contribution is 2.20. The van der Waals surface area contributed by atoms with Crippen molar-refractivity contribution in [3.05, 3.63) is 29.8 Å². The second-order valence-corrected chi connectivity index (χ2v) is 6.64. The molecule has 0 aromatic heterocycles. The van der Waals surface area contributed by atoms with E-state index in [0.717, 1.165) is 31.5 Å². The van der Waals surface area contributed by atoms with E-state index < -0.39 is 0 Å². The molecular weight excluding hydrogens is 316 g/mol. The second kappa shape index (κ2) is 9.42. The number of hydrogen-bond acceptors (Lipinski definition) is 4. The summed E-state index contributed by atoms with van der Waals surface area (Å²) in [6.07, 6.45) is 2.75. The van der Waals surface area contributed by atoms with Crippen molar-refractivity contribution in [3.63, 3.8) is 0 Å². The van der Waals surface area contributed by atoms with Crippen LogP contribution in [0.25, 0.3) is 0 Å². The first-order valence-corrected chi connectivity index (χ1v) is 9.15. The number of benzene rings is 1. The largest absolute Gasteiger partial charge is 0.375 e. The molecule has 1 unspecified atom stereocenters. The van der Waals surface area contributed by atoms with Crippen LogP contribution in [0.2, 0.25) is 0 Å². The van der Waals surface area contributed by atoms with Crippen molar-refractivity contribution in [3.8, 4) is 0 Å². The van der Waals surface area contributed by atoms with Crippen molar-refractivity contribution < 1.29 is 9.59 Å². The van der Waals surface area contributed by atoms with Crippen LogP contribution in [0.4, 0.5) is 5.69 Å². The molecule has 1 aliphatic heterocycles. The lowest BCUT2D eigenvalue weighted by molar-refractivity contribution is -0.126. The van der Waals surface area contributed by atoms with Crippen LogP contribution in [0.1, 0.15) is 36.5 Å². The summed E-state index contributed by atoms with van der Waals surface area (Å²) in [5.41, 5.74) is 7.21. The summed E-state index contributed by atoms with van der Waals surface area (Å²) in [5, 5.41) is 2.83. The Kier molecular flexibility index (Phi) is 7.25. The number of likely N-dealkylation sites (tertiary alicyclic amines) is 1. The zero-order valence-corrected chi connectivity index (χ0v) is 15.3. The summed E-state index contributed by atoms with van der Waals surface area (Å²) in [6.45, 7) is 5.23. The maximum Gasteiger partial charge on any atom is 0.253 e. The molecule has 6 heteroatoms. The van der Waals surface area contributed by atoms with Crippen molar-refractivity contribution in [2.45, 2.75) is 26.2 Å². The Labute approximate surface area is 150 Å². The molecule has 3 N–H and O–H groups in total. The van der Waals surface area contributed by atoms with E-state index in [2.05, 4.69) is 24.2 Å². The van der Waals surface area contributed by atoms with Gasteiger partial charge in [-0.3, -0.25) is 9.59 Å². The number of carbonyl (C=O) groups is 2. The molecule has 1 fully saturated rings. The van der Waals surface area contributed by atoms with Gasteiger partial charge in [0.05, 0.1) is 5.92 Å². The predicted octanol–water partition coefficient (Wildman–Crippen LogP) is 1.46. The minimum Gasteiger partial charge on any atom is -0.375 e. The van der Waals surface area contributed by atoms with Gasteiger partial charge in [0.2, 0.25) is 5.91 Å². The number of piperidine rings is 1. The van der Waals surface area contributed by atoms with Crippen molar-refractivity contribution in [1.82, 2.24) is 10.2 Å². The number of anilines is 1. The van der Waals surface area contributed by atoms with Gasteiger partial charge in [-0.25, -0.2) is 0 Å². The Morgan fingerprint density at radius 1 is 1.32 bits per heavy atom. The summed E-state index contributed by atoms with van der Waals surface area (Å²) in [7, 11) is 2.05. The fraction of sp³-hybridized carbons (Fsp3) is 0.579. The third kappa shape index (κ3) is 5.19. The Morgan fingerprint density at radius 3 is 2.68 bits per heavy atom. The van der Waals surface area contributed by atoms with Gasteiger partial charge in [-0.15, -0.1) is 0 Å². The van der Waals surface area contributed by atoms with Crippen LogP contribution in [0, 0.1) is 5.92 Å². The molecule has 1 heterocycles. The van der Waals surface area contributed by atoms with E-state index in [0.29, 0.717) is 31.7 Å². The van der Waals surface area contributed by atoms with Gasteiger partial charge >= 0.3 is 0 Å². The molecule has 138 valence electrons. The molecule has 2 amide bonds. The Hall–Kier alpha value is -2.08. The highest BCUT2D eigenvalue weighted by atomic mass is 16.2. The summed E-state index contributed by atoms with van der Waals surface area (Å²) < 4.78 is 0. The molecule has 1 atom stereocenters. The fourth-order valence-corrected chi connectivity index (χ4v) is 3.22. The van der Waals surface area contributed by atoms with Crippen LogP contribution in [0.5, 0.6) is 0 Å². The van der Waals surface area contributed by atoms with Crippen LogP contribution < -0.4 is 16.0 Å². The summed E-state index contributed by atoms with van der Waals surface area (Å²) in [6, 6.07) is 7.72. The van der Waals surface area contributed by atoms with Crippen LogP contribution in [-0.2, 0) is 4.79 Å². The third-order valence-corrected chi connectivity index (χ3v) is 4.64. The molecule has 1 saturated heterocycles. The fourth-order valence-electron chi connectivity index (χ4n) is 3.22. The van der Waals surface area contributed by atoms with Crippen molar-refractivity contribution in [2.24, 2.45) is 11.7 Å². The highest BCUT2D eigenvalue weighted by molar-refractivity contribution is 5.95. The minimum atomic E-state index is -0.140.